The summed E-state index contributed by atoms with van der Waals surface area (Å²) in [5.74, 6) is 0.863. The second kappa shape index (κ2) is 8.91. The smallest absolute Gasteiger partial charge is 0.267 e. The first-order valence-corrected chi connectivity index (χ1v) is 9.57. The van der Waals surface area contributed by atoms with Gasteiger partial charge in [-0.1, -0.05) is 15.9 Å². The number of anilines is 1. The Morgan fingerprint density at radius 1 is 1.10 bits per heavy atom. The molecule has 0 atom stereocenters. The Hall–Kier alpha value is -3.13. The molecule has 0 bridgehead atoms. The van der Waals surface area contributed by atoms with Gasteiger partial charge in [-0.25, -0.2) is 4.68 Å². The lowest BCUT2D eigenvalue weighted by Gasteiger charge is -2.12. The van der Waals surface area contributed by atoms with Crippen molar-refractivity contribution in [2.45, 2.75) is 13.5 Å². The van der Waals surface area contributed by atoms with Gasteiger partial charge in [0.2, 0.25) is 5.91 Å². The summed E-state index contributed by atoms with van der Waals surface area (Å²) in [6.07, 6.45) is 0. The molecule has 1 heterocycles. The fraction of sp³-hybridized carbons (Fsp3) is 0.190. The van der Waals surface area contributed by atoms with Crippen LogP contribution in [0.25, 0.3) is 11.3 Å². The summed E-state index contributed by atoms with van der Waals surface area (Å²) in [6.45, 7) is 1.68. The molecule has 0 saturated heterocycles. The number of ether oxygens (including phenoxy) is 2. The van der Waals surface area contributed by atoms with Crippen molar-refractivity contribution in [2.75, 3.05) is 19.5 Å². The summed E-state index contributed by atoms with van der Waals surface area (Å²) < 4.78 is 12.7. The molecule has 1 amide bonds. The highest BCUT2D eigenvalue weighted by atomic mass is 79.9. The lowest BCUT2D eigenvalue weighted by atomic mass is 10.1. The van der Waals surface area contributed by atoms with Crippen molar-refractivity contribution in [2.24, 2.45) is 0 Å². The van der Waals surface area contributed by atoms with E-state index in [0.717, 1.165) is 14.7 Å². The second-order valence-electron chi connectivity index (χ2n) is 6.29. The Labute approximate surface area is 176 Å². The first-order chi connectivity index (χ1) is 13.9. The molecule has 1 aromatic heterocycles. The van der Waals surface area contributed by atoms with E-state index in [2.05, 4.69) is 26.3 Å². The molecule has 7 nitrogen and oxygen atoms in total. The number of hydrogen-bond acceptors (Lipinski definition) is 5. The molecular formula is C21H20BrN3O4. The highest BCUT2D eigenvalue weighted by Crippen LogP contribution is 2.31. The number of nitrogens with one attached hydrogen (secondary N) is 1. The quantitative estimate of drug-likeness (QED) is 0.610. The lowest BCUT2D eigenvalue weighted by molar-refractivity contribution is -0.117. The van der Waals surface area contributed by atoms with E-state index in [9.17, 15) is 9.59 Å². The minimum absolute atomic E-state index is 0.214. The number of methoxy groups -OCH3 is 2. The molecule has 2 aromatic carbocycles. The van der Waals surface area contributed by atoms with E-state index in [1.165, 1.54) is 6.07 Å². The predicted octanol–water partition coefficient (Wildman–Crippen LogP) is 3.64. The van der Waals surface area contributed by atoms with E-state index in [0.29, 0.717) is 28.4 Å². The Kier molecular flexibility index (Phi) is 6.33. The fourth-order valence-corrected chi connectivity index (χ4v) is 3.29. The predicted molar refractivity (Wildman–Crippen MR) is 115 cm³/mol. The van der Waals surface area contributed by atoms with Crippen molar-refractivity contribution in [1.29, 1.82) is 0 Å². The van der Waals surface area contributed by atoms with Crippen LogP contribution in [-0.4, -0.2) is 29.9 Å². The Morgan fingerprint density at radius 3 is 2.59 bits per heavy atom. The van der Waals surface area contributed by atoms with Crippen LogP contribution in [0.15, 0.2) is 57.8 Å². The third-order valence-electron chi connectivity index (χ3n) is 4.31. The summed E-state index contributed by atoms with van der Waals surface area (Å²) >= 11 is 3.39. The van der Waals surface area contributed by atoms with Gasteiger partial charge in [0.25, 0.3) is 5.56 Å². The topological polar surface area (TPSA) is 82.5 Å². The number of carbonyl (C=O) groups is 1. The summed E-state index contributed by atoms with van der Waals surface area (Å²) in [7, 11) is 3.11. The number of benzene rings is 2. The van der Waals surface area contributed by atoms with Crippen molar-refractivity contribution >= 4 is 27.5 Å². The molecule has 1 N–H and O–H groups in total. The van der Waals surface area contributed by atoms with Crippen molar-refractivity contribution in [3.63, 3.8) is 0 Å². The van der Waals surface area contributed by atoms with Gasteiger partial charge >= 0.3 is 0 Å². The zero-order valence-corrected chi connectivity index (χ0v) is 17.8. The lowest BCUT2D eigenvalue weighted by Crippen LogP contribution is -2.29. The van der Waals surface area contributed by atoms with Crippen LogP contribution in [0.4, 0.5) is 5.69 Å². The highest BCUT2D eigenvalue weighted by molar-refractivity contribution is 9.10. The Balaban J connectivity index is 1.88. The molecule has 0 unspecified atom stereocenters. The Bertz CT molecular complexity index is 1110. The van der Waals surface area contributed by atoms with Crippen molar-refractivity contribution in [3.8, 4) is 22.8 Å². The van der Waals surface area contributed by atoms with Crippen LogP contribution in [-0.2, 0) is 11.3 Å². The largest absolute Gasteiger partial charge is 0.497 e. The molecule has 0 spiro atoms. The van der Waals surface area contributed by atoms with Crippen LogP contribution < -0.4 is 20.3 Å². The summed E-state index contributed by atoms with van der Waals surface area (Å²) in [5, 5.41) is 7.15. The highest BCUT2D eigenvalue weighted by Gasteiger charge is 2.13. The van der Waals surface area contributed by atoms with E-state index < -0.39 is 0 Å². The van der Waals surface area contributed by atoms with E-state index in [1.807, 2.05) is 19.1 Å². The van der Waals surface area contributed by atoms with Gasteiger partial charge in [0.15, 0.2) is 0 Å². The molecule has 8 heteroatoms. The molecule has 150 valence electrons. The maximum absolute atomic E-state index is 12.5. The Morgan fingerprint density at radius 2 is 1.90 bits per heavy atom. The molecule has 3 rings (SSSR count). The van der Waals surface area contributed by atoms with Gasteiger partial charge in [-0.05, 0) is 55.0 Å². The first-order valence-electron chi connectivity index (χ1n) is 8.78. The van der Waals surface area contributed by atoms with Gasteiger partial charge in [-0.2, -0.15) is 5.10 Å². The van der Waals surface area contributed by atoms with Crippen LogP contribution in [0.3, 0.4) is 0 Å². The second-order valence-corrected chi connectivity index (χ2v) is 7.20. The molecular weight excluding hydrogens is 438 g/mol. The molecule has 0 saturated carbocycles. The third-order valence-corrected chi connectivity index (χ3v) is 4.80. The SMILES string of the molecule is COc1ccc(OC)c(-c2ccc(=O)n(CC(=O)Nc3ccc(Br)cc3C)n2)c1. The van der Waals surface area contributed by atoms with Crippen LogP contribution in [0, 0.1) is 6.92 Å². The molecule has 0 radical (unpaired) electrons. The first kappa shape index (κ1) is 20.6. The standard InChI is InChI=1S/C21H20BrN3O4/c1-13-10-14(22)4-6-17(13)23-20(26)12-25-21(27)9-7-18(24-25)16-11-15(28-2)5-8-19(16)29-3/h4-11H,12H2,1-3H3,(H,23,26). The van der Waals surface area contributed by atoms with E-state index in [4.69, 9.17) is 9.47 Å². The van der Waals surface area contributed by atoms with Gasteiger partial charge in [0, 0.05) is 21.8 Å². The zero-order valence-electron chi connectivity index (χ0n) is 16.2. The monoisotopic (exact) mass is 457 g/mol. The molecule has 3 aromatic rings. The third kappa shape index (κ3) is 4.83. The van der Waals surface area contributed by atoms with Crippen LogP contribution >= 0.6 is 15.9 Å². The summed E-state index contributed by atoms with van der Waals surface area (Å²) in [5.41, 5.74) is 2.36. The number of carbonyl (C=O) groups excluding carboxylic acids is 1. The normalized spacial score (nSPS) is 10.5. The summed E-state index contributed by atoms with van der Waals surface area (Å²) in [4.78, 5) is 24.7. The maximum Gasteiger partial charge on any atom is 0.267 e. The van der Waals surface area contributed by atoms with E-state index in [1.54, 1.807) is 44.6 Å². The van der Waals surface area contributed by atoms with Gasteiger partial charge in [-0.15, -0.1) is 0 Å². The molecule has 0 fully saturated rings. The fourth-order valence-electron chi connectivity index (χ4n) is 2.81. The molecule has 0 aliphatic rings. The average molecular weight is 458 g/mol. The van der Waals surface area contributed by atoms with E-state index >= 15 is 0 Å². The number of halogens is 1. The van der Waals surface area contributed by atoms with Crippen LogP contribution in [0.5, 0.6) is 11.5 Å². The van der Waals surface area contributed by atoms with Gasteiger partial charge in [0.1, 0.15) is 18.0 Å². The van der Waals surface area contributed by atoms with Gasteiger partial charge in [-0.3, -0.25) is 9.59 Å². The number of nitrogens with zero attached hydrogens (tertiary/aromatic N) is 2. The van der Waals surface area contributed by atoms with Crippen LogP contribution in [0.2, 0.25) is 0 Å². The number of rotatable bonds is 6. The average Bonchev–Trinajstić information content (AvgIpc) is 2.71. The van der Waals surface area contributed by atoms with Crippen molar-refractivity contribution < 1.29 is 14.3 Å². The van der Waals surface area contributed by atoms with Gasteiger partial charge in [0.05, 0.1) is 19.9 Å². The number of hydrogen-bond donors (Lipinski definition) is 1. The minimum Gasteiger partial charge on any atom is -0.497 e. The summed E-state index contributed by atoms with van der Waals surface area (Å²) in [6, 6.07) is 13.8. The number of aromatic nitrogens is 2. The van der Waals surface area contributed by atoms with Crippen molar-refractivity contribution in [1.82, 2.24) is 9.78 Å². The van der Waals surface area contributed by atoms with Gasteiger partial charge < -0.3 is 14.8 Å². The van der Waals surface area contributed by atoms with Crippen LogP contribution in [0.1, 0.15) is 5.56 Å². The molecule has 0 aliphatic heterocycles. The maximum atomic E-state index is 12.5. The van der Waals surface area contributed by atoms with E-state index in [-0.39, 0.29) is 18.0 Å². The van der Waals surface area contributed by atoms with Crippen molar-refractivity contribution in [3.05, 3.63) is 68.9 Å². The number of aryl methyl sites for hydroxylation is 1. The minimum atomic E-state index is -0.377. The zero-order chi connectivity index (χ0) is 21.0. The number of amides is 1. The molecule has 0 aliphatic carbocycles. The molecule has 29 heavy (non-hydrogen) atoms.